The van der Waals surface area contributed by atoms with Crippen molar-refractivity contribution < 1.29 is 40.7 Å². The topological polar surface area (TPSA) is 220 Å². The second-order valence-electron chi connectivity index (χ2n) is 5.49. The number of oxime groups is 1. The van der Waals surface area contributed by atoms with Crippen LogP contribution in [0.1, 0.15) is 5.69 Å². The molecule has 1 aliphatic heterocycles. The third kappa shape index (κ3) is 5.58. The number of nitrogens with two attached hydrogens (primary N) is 1. The maximum Gasteiger partial charge on any atom is 0.362 e. The van der Waals surface area contributed by atoms with E-state index >= 15 is 0 Å². The number of rotatable bonds is 9. The monoisotopic (exact) mass is 472 g/mol. The van der Waals surface area contributed by atoms with Crippen LogP contribution in [0.25, 0.3) is 0 Å². The molecule has 0 aliphatic carbocycles. The van der Waals surface area contributed by atoms with E-state index in [0.717, 1.165) is 24.7 Å². The minimum absolute atomic E-state index is 0.0376. The van der Waals surface area contributed by atoms with Gasteiger partial charge in [0.1, 0.15) is 24.9 Å². The molecule has 2 rings (SSSR count). The van der Waals surface area contributed by atoms with Crippen LogP contribution in [0.5, 0.6) is 0 Å². The van der Waals surface area contributed by atoms with E-state index in [4.69, 9.17) is 10.3 Å². The number of nitrogen functional groups attached to an aromatic ring is 1. The van der Waals surface area contributed by atoms with Crippen molar-refractivity contribution in [3.05, 3.63) is 11.1 Å². The van der Waals surface area contributed by atoms with Crippen LogP contribution < -0.4 is 15.9 Å². The lowest BCUT2D eigenvalue weighted by Gasteiger charge is -2.43. The van der Waals surface area contributed by atoms with Gasteiger partial charge >= 0.3 is 10.3 Å². The average Bonchev–Trinajstić information content (AvgIpc) is 3.00. The van der Waals surface area contributed by atoms with E-state index in [9.17, 15) is 26.4 Å². The molecule has 1 saturated heterocycles. The number of hydrogen-bond acceptors (Lipinski definition) is 12. The van der Waals surface area contributed by atoms with Gasteiger partial charge in [-0.15, -0.1) is 11.3 Å². The zero-order valence-electron chi connectivity index (χ0n) is 14.8. The number of β-lactam (4-membered cyclic amide) rings is 1. The van der Waals surface area contributed by atoms with Gasteiger partial charge in [-0.25, -0.2) is 17.7 Å². The number of sulfonamides is 1. The van der Waals surface area contributed by atoms with Gasteiger partial charge in [0.05, 0.1) is 12.9 Å². The summed E-state index contributed by atoms with van der Waals surface area (Å²) in [5.41, 5.74) is 5.19. The van der Waals surface area contributed by atoms with Crippen molar-refractivity contribution in [3.8, 4) is 0 Å². The van der Waals surface area contributed by atoms with E-state index in [1.54, 1.807) is 4.89 Å². The molecule has 2 atom stereocenters. The van der Waals surface area contributed by atoms with Crippen LogP contribution in [0.3, 0.4) is 0 Å². The summed E-state index contributed by atoms with van der Waals surface area (Å²) in [5, 5.41) is 7.25. The second-order valence-corrected chi connectivity index (χ2v) is 9.38. The van der Waals surface area contributed by atoms with Gasteiger partial charge < -0.3 is 15.9 Å². The van der Waals surface area contributed by atoms with Crippen molar-refractivity contribution in [2.24, 2.45) is 5.16 Å². The molecule has 1 aliphatic rings. The minimum atomic E-state index is -4.99. The number of aromatic nitrogens is 1. The molecular weight excluding hydrogens is 456 g/mol. The fourth-order valence-corrected chi connectivity index (χ4v) is 3.95. The Kier molecular flexibility index (Phi) is 6.75. The SMILES string of the molecule is CON=C(C(=O)NC1C(=O)N(S(=O)(=O)O)C1CONS(C)(=O)=O)c1csc(N)n1. The maximum atomic E-state index is 12.5. The Balaban J connectivity index is 2.20. The molecule has 162 valence electrons. The third-order valence-electron chi connectivity index (χ3n) is 3.33. The zero-order valence-corrected chi connectivity index (χ0v) is 17.2. The van der Waals surface area contributed by atoms with E-state index in [1.165, 1.54) is 5.38 Å². The van der Waals surface area contributed by atoms with Gasteiger partial charge in [-0.1, -0.05) is 10.0 Å². The molecule has 0 saturated carbocycles. The van der Waals surface area contributed by atoms with Gasteiger partial charge in [0.15, 0.2) is 10.8 Å². The minimum Gasteiger partial charge on any atom is -0.398 e. The van der Waals surface area contributed by atoms with E-state index in [0.29, 0.717) is 0 Å². The van der Waals surface area contributed by atoms with Gasteiger partial charge in [0.25, 0.3) is 11.8 Å². The van der Waals surface area contributed by atoms with Crippen LogP contribution in [-0.4, -0.2) is 80.3 Å². The molecule has 5 N–H and O–H groups in total. The second kappa shape index (κ2) is 8.55. The van der Waals surface area contributed by atoms with Crippen molar-refractivity contribution in [2.75, 3.05) is 25.7 Å². The number of carbonyl (C=O) groups is 2. The number of hydrogen-bond donors (Lipinski definition) is 4. The van der Waals surface area contributed by atoms with Crippen LogP contribution in [0.4, 0.5) is 5.13 Å². The summed E-state index contributed by atoms with van der Waals surface area (Å²) < 4.78 is 54.0. The Bertz CT molecular complexity index is 1030. The Morgan fingerprint density at radius 3 is 2.59 bits per heavy atom. The van der Waals surface area contributed by atoms with Crippen molar-refractivity contribution in [1.82, 2.24) is 19.5 Å². The number of amides is 2. The standard InChI is InChI=1S/C11H16N6O9S3/c1-25-15-7(5-4-27-11(12)13-5)9(18)14-8-6(3-26-16-28(2,20)21)17(10(8)19)29(22,23)24/h4,6,8,16H,3H2,1-2H3,(H2,12,13)(H,14,18)(H,22,23,24). The fraction of sp³-hybridized carbons (Fsp3) is 0.455. The lowest BCUT2D eigenvalue weighted by Crippen LogP contribution is -2.73. The summed E-state index contributed by atoms with van der Waals surface area (Å²) in [6, 6.07) is -2.93. The molecule has 1 fully saturated rings. The van der Waals surface area contributed by atoms with E-state index < -0.39 is 50.8 Å². The third-order valence-corrected chi connectivity index (χ3v) is 5.37. The van der Waals surface area contributed by atoms with Gasteiger partial charge in [0, 0.05) is 5.38 Å². The van der Waals surface area contributed by atoms with Crippen LogP contribution in [0, 0.1) is 0 Å². The summed E-state index contributed by atoms with van der Waals surface area (Å²) in [6.07, 6.45) is 0.770. The first-order chi connectivity index (χ1) is 13.3. The number of anilines is 1. The Hall–Kier alpha value is -2.38. The highest BCUT2D eigenvalue weighted by molar-refractivity contribution is 7.88. The summed E-state index contributed by atoms with van der Waals surface area (Å²) in [7, 11) is -7.62. The van der Waals surface area contributed by atoms with Crippen molar-refractivity contribution >= 4 is 54.3 Å². The molecule has 2 unspecified atom stereocenters. The van der Waals surface area contributed by atoms with Crippen LogP contribution in [0.2, 0.25) is 0 Å². The lowest BCUT2D eigenvalue weighted by atomic mass is 9.99. The fourth-order valence-electron chi connectivity index (χ4n) is 2.25. The van der Waals surface area contributed by atoms with Crippen LogP contribution >= 0.6 is 11.3 Å². The molecule has 15 nitrogen and oxygen atoms in total. The van der Waals surface area contributed by atoms with E-state index in [1.807, 2.05) is 0 Å². The molecule has 0 bridgehead atoms. The zero-order chi connectivity index (χ0) is 22.0. The van der Waals surface area contributed by atoms with Gasteiger partial charge in [-0.05, 0) is 0 Å². The maximum absolute atomic E-state index is 12.5. The van der Waals surface area contributed by atoms with Crippen LogP contribution in [0.15, 0.2) is 10.5 Å². The summed E-state index contributed by atoms with van der Waals surface area (Å²) >= 11 is 1.01. The first-order valence-corrected chi connectivity index (χ1v) is 11.5. The van der Waals surface area contributed by atoms with Crippen molar-refractivity contribution in [2.45, 2.75) is 12.1 Å². The molecule has 1 aromatic heterocycles. The summed E-state index contributed by atoms with van der Waals surface area (Å²) in [5.74, 6) is -2.14. The predicted octanol–water partition coefficient (Wildman–Crippen LogP) is -2.94. The molecule has 0 aromatic carbocycles. The number of nitrogens with one attached hydrogen (secondary N) is 2. The van der Waals surface area contributed by atoms with Gasteiger partial charge in [0.2, 0.25) is 10.0 Å². The highest BCUT2D eigenvalue weighted by Gasteiger charge is 2.54. The van der Waals surface area contributed by atoms with Gasteiger partial charge in [-0.3, -0.25) is 19.0 Å². The molecule has 29 heavy (non-hydrogen) atoms. The number of carbonyl (C=O) groups excluding carboxylic acids is 2. The molecule has 2 heterocycles. The number of nitrogens with zero attached hydrogens (tertiary/aromatic N) is 3. The van der Waals surface area contributed by atoms with Gasteiger partial charge in [-0.2, -0.15) is 8.42 Å². The highest BCUT2D eigenvalue weighted by Crippen LogP contribution is 2.24. The lowest BCUT2D eigenvalue weighted by molar-refractivity contribution is -0.148. The summed E-state index contributed by atoms with van der Waals surface area (Å²) in [6.45, 7) is -0.704. The molecule has 1 aromatic rings. The van der Waals surface area contributed by atoms with E-state index in [2.05, 4.69) is 25.1 Å². The molecule has 0 radical (unpaired) electrons. The average molecular weight is 472 g/mol. The largest absolute Gasteiger partial charge is 0.398 e. The van der Waals surface area contributed by atoms with Crippen LogP contribution in [-0.2, 0) is 39.6 Å². The quantitative estimate of drug-likeness (QED) is 0.123. The molecule has 0 spiro atoms. The Labute approximate surface area is 168 Å². The Morgan fingerprint density at radius 2 is 2.10 bits per heavy atom. The highest BCUT2D eigenvalue weighted by atomic mass is 32.2. The molecule has 18 heteroatoms. The number of thiazole rings is 1. The Morgan fingerprint density at radius 1 is 1.45 bits per heavy atom. The normalized spacial score (nSPS) is 20.3. The first-order valence-electron chi connectivity index (χ1n) is 7.37. The first kappa shape index (κ1) is 22.9. The van der Waals surface area contributed by atoms with E-state index in [-0.39, 0.29) is 20.8 Å². The summed E-state index contributed by atoms with van der Waals surface area (Å²) in [4.78, 5) is 39.3. The molecular formula is C11H16N6O9S3. The van der Waals surface area contributed by atoms with Crippen molar-refractivity contribution in [1.29, 1.82) is 0 Å². The molecule has 2 amide bonds. The predicted molar refractivity (Wildman–Crippen MR) is 98.1 cm³/mol. The van der Waals surface area contributed by atoms with Crippen molar-refractivity contribution in [3.63, 3.8) is 0 Å². The smallest absolute Gasteiger partial charge is 0.362 e.